The summed E-state index contributed by atoms with van der Waals surface area (Å²) in [7, 11) is 1.89. The lowest BCUT2D eigenvalue weighted by Gasteiger charge is -2.19. The van der Waals surface area contributed by atoms with Crippen LogP contribution in [0.1, 0.15) is 30.4 Å². The molecule has 1 aromatic rings. The van der Waals surface area contributed by atoms with Crippen molar-refractivity contribution in [1.29, 1.82) is 0 Å². The van der Waals surface area contributed by atoms with Gasteiger partial charge in [0.05, 0.1) is 0 Å². The minimum absolute atomic E-state index is 0. The summed E-state index contributed by atoms with van der Waals surface area (Å²) in [6.45, 7) is 3.83. The molecule has 1 N–H and O–H groups in total. The molecule has 4 heteroatoms. The first-order chi connectivity index (χ1) is 8.65. The van der Waals surface area contributed by atoms with E-state index in [1.807, 2.05) is 18.0 Å². The number of benzene rings is 1. The SMILES string of the molecule is Cc1cccc(CN(C)C(=O)CC2CCCN2)c1.Cl. The molecule has 106 valence electrons. The topological polar surface area (TPSA) is 32.3 Å². The largest absolute Gasteiger partial charge is 0.341 e. The predicted molar refractivity (Wildman–Crippen MR) is 80.5 cm³/mol. The number of hydrogen-bond acceptors (Lipinski definition) is 2. The Hall–Kier alpha value is -1.06. The van der Waals surface area contributed by atoms with Gasteiger partial charge in [-0.1, -0.05) is 29.8 Å². The lowest BCUT2D eigenvalue weighted by atomic mass is 10.1. The number of hydrogen-bond donors (Lipinski definition) is 1. The number of carbonyl (C=O) groups excluding carboxylic acids is 1. The minimum Gasteiger partial charge on any atom is -0.341 e. The van der Waals surface area contributed by atoms with Gasteiger partial charge < -0.3 is 10.2 Å². The second kappa shape index (κ2) is 7.51. The van der Waals surface area contributed by atoms with E-state index in [0.717, 1.165) is 13.0 Å². The van der Waals surface area contributed by atoms with Crippen LogP contribution in [0.25, 0.3) is 0 Å². The van der Waals surface area contributed by atoms with E-state index < -0.39 is 0 Å². The Morgan fingerprint density at radius 3 is 2.89 bits per heavy atom. The lowest BCUT2D eigenvalue weighted by molar-refractivity contribution is -0.130. The molecule has 1 atom stereocenters. The van der Waals surface area contributed by atoms with E-state index in [4.69, 9.17) is 0 Å². The van der Waals surface area contributed by atoms with E-state index >= 15 is 0 Å². The summed E-state index contributed by atoms with van der Waals surface area (Å²) in [6.07, 6.45) is 2.95. The van der Waals surface area contributed by atoms with Gasteiger partial charge in [0, 0.05) is 26.1 Å². The number of nitrogens with zero attached hydrogens (tertiary/aromatic N) is 1. The molecule has 19 heavy (non-hydrogen) atoms. The fourth-order valence-electron chi connectivity index (χ4n) is 2.47. The standard InChI is InChI=1S/C15H22N2O.ClH/c1-12-5-3-6-13(9-12)11-17(2)15(18)10-14-7-4-8-16-14;/h3,5-6,9,14,16H,4,7-8,10-11H2,1-2H3;1H. The summed E-state index contributed by atoms with van der Waals surface area (Å²) in [6, 6.07) is 8.72. The summed E-state index contributed by atoms with van der Waals surface area (Å²) >= 11 is 0. The lowest BCUT2D eigenvalue weighted by Crippen LogP contribution is -2.33. The molecule has 0 bridgehead atoms. The molecule has 2 rings (SSSR count). The van der Waals surface area contributed by atoms with E-state index in [2.05, 4.69) is 30.4 Å². The van der Waals surface area contributed by atoms with Gasteiger partial charge >= 0.3 is 0 Å². The van der Waals surface area contributed by atoms with E-state index in [-0.39, 0.29) is 18.3 Å². The summed E-state index contributed by atoms with van der Waals surface area (Å²) in [5.41, 5.74) is 2.44. The van der Waals surface area contributed by atoms with Crippen LogP contribution in [0.2, 0.25) is 0 Å². The Morgan fingerprint density at radius 2 is 2.26 bits per heavy atom. The highest BCUT2D eigenvalue weighted by atomic mass is 35.5. The van der Waals surface area contributed by atoms with Crippen LogP contribution in [0.4, 0.5) is 0 Å². The fraction of sp³-hybridized carbons (Fsp3) is 0.533. The maximum Gasteiger partial charge on any atom is 0.224 e. The minimum atomic E-state index is 0. The van der Waals surface area contributed by atoms with Gasteiger partial charge in [0.1, 0.15) is 0 Å². The summed E-state index contributed by atoms with van der Waals surface area (Å²) in [4.78, 5) is 13.9. The molecule has 0 aliphatic carbocycles. The van der Waals surface area contributed by atoms with Crippen molar-refractivity contribution in [3.63, 3.8) is 0 Å². The summed E-state index contributed by atoms with van der Waals surface area (Å²) in [5.74, 6) is 0.232. The number of amides is 1. The highest BCUT2D eigenvalue weighted by molar-refractivity contribution is 5.85. The van der Waals surface area contributed by atoms with Gasteiger partial charge in [0.2, 0.25) is 5.91 Å². The second-order valence-electron chi connectivity index (χ2n) is 5.24. The molecule has 1 fully saturated rings. The number of carbonyl (C=O) groups is 1. The van der Waals surface area contributed by atoms with E-state index in [1.165, 1.54) is 17.5 Å². The zero-order valence-electron chi connectivity index (χ0n) is 11.7. The predicted octanol–water partition coefficient (Wildman–Crippen LogP) is 2.52. The number of halogens is 1. The first-order valence-electron chi connectivity index (χ1n) is 6.68. The Morgan fingerprint density at radius 1 is 1.47 bits per heavy atom. The molecule has 3 nitrogen and oxygen atoms in total. The summed E-state index contributed by atoms with van der Waals surface area (Å²) < 4.78 is 0. The van der Waals surface area contributed by atoms with Gasteiger partial charge in [-0.05, 0) is 31.9 Å². The highest BCUT2D eigenvalue weighted by Gasteiger charge is 2.19. The van der Waals surface area contributed by atoms with E-state index in [9.17, 15) is 4.79 Å². The van der Waals surface area contributed by atoms with Crippen LogP contribution in [0.5, 0.6) is 0 Å². The normalized spacial score (nSPS) is 17.9. The van der Waals surface area contributed by atoms with Crippen LogP contribution >= 0.6 is 12.4 Å². The molecule has 1 aliphatic heterocycles. The van der Waals surface area contributed by atoms with Crippen LogP contribution in [0.15, 0.2) is 24.3 Å². The van der Waals surface area contributed by atoms with Gasteiger partial charge in [-0.15, -0.1) is 12.4 Å². The molecule has 1 heterocycles. The molecular weight excluding hydrogens is 260 g/mol. The average molecular weight is 283 g/mol. The zero-order valence-corrected chi connectivity index (χ0v) is 12.5. The van der Waals surface area contributed by atoms with E-state index in [0.29, 0.717) is 19.0 Å². The van der Waals surface area contributed by atoms with E-state index in [1.54, 1.807) is 0 Å². The Kier molecular flexibility index (Phi) is 6.32. The van der Waals surface area contributed by atoms with Gasteiger partial charge in [-0.3, -0.25) is 4.79 Å². The zero-order chi connectivity index (χ0) is 13.0. The molecule has 0 spiro atoms. The molecule has 1 aliphatic rings. The van der Waals surface area contributed by atoms with Crippen molar-refractivity contribution in [2.24, 2.45) is 0 Å². The Balaban J connectivity index is 0.00000180. The third-order valence-corrected chi connectivity index (χ3v) is 3.51. The van der Waals surface area contributed by atoms with Gasteiger partial charge in [-0.25, -0.2) is 0 Å². The van der Waals surface area contributed by atoms with Crippen molar-refractivity contribution in [1.82, 2.24) is 10.2 Å². The molecule has 1 aromatic carbocycles. The highest BCUT2D eigenvalue weighted by Crippen LogP contribution is 2.12. The third-order valence-electron chi connectivity index (χ3n) is 3.51. The smallest absolute Gasteiger partial charge is 0.224 e. The number of rotatable bonds is 4. The number of aryl methyl sites for hydroxylation is 1. The molecular formula is C15H23ClN2O. The molecule has 1 amide bonds. The van der Waals surface area contributed by atoms with Crippen molar-refractivity contribution < 1.29 is 4.79 Å². The van der Waals surface area contributed by atoms with Gasteiger partial charge in [-0.2, -0.15) is 0 Å². The summed E-state index contributed by atoms with van der Waals surface area (Å²) in [5, 5.41) is 3.37. The van der Waals surface area contributed by atoms with Crippen LogP contribution in [-0.4, -0.2) is 30.4 Å². The molecule has 0 radical (unpaired) electrons. The van der Waals surface area contributed by atoms with Crippen molar-refractivity contribution >= 4 is 18.3 Å². The second-order valence-corrected chi connectivity index (χ2v) is 5.24. The van der Waals surface area contributed by atoms with Crippen molar-refractivity contribution in [2.45, 2.75) is 38.8 Å². The maximum absolute atomic E-state index is 12.1. The third kappa shape index (κ3) is 4.84. The van der Waals surface area contributed by atoms with Crippen LogP contribution in [-0.2, 0) is 11.3 Å². The molecule has 0 aromatic heterocycles. The average Bonchev–Trinajstić information content (AvgIpc) is 2.81. The Bertz CT molecular complexity index is 416. The van der Waals surface area contributed by atoms with Crippen LogP contribution in [0, 0.1) is 6.92 Å². The monoisotopic (exact) mass is 282 g/mol. The molecule has 0 saturated carbocycles. The number of nitrogens with one attached hydrogen (secondary N) is 1. The van der Waals surface area contributed by atoms with Crippen LogP contribution < -0.4 is 5.32 Å². The van der Waals surface area contributed by atoms with Gasteiger partial charge in [0.15, 0.2) is 0 Å². The van der Waals surface area contributed by atoms with Gasteiger partial charge in [0.25, 0.3) is 0 Å². The molecule has 1 saturated heterocycles. The van der Waals surface area contributed by atoms with Crippen molar-refractivity contribution in [3.8, 4) is 0 Å². The molecule has 1 unspecified atom stereocenters. The Labute approximate surface area is 121 Å². The quantitative estimate of drug-likeness (QED) is 0.920. The van der Waals surface area contributed by atoms with Crippen molar-refractivity contribution in [2.75, 3.05) is 13.6 Å². The first kappa shape index (κ1) is 16.0. The van der Waals surface area contributed by atoms with Crippen LogP contribution in [0.3, 0.4) is 0 Å². The van der Waals surface area contributed by atoms with Crippen molar-refractivity contribution in [3.05, 3.63) is 35.4 Å². The first-order valence-corrected chi connectivity index (χ1v) is 6.68. The maximum atomic E-state index is 12.1. The fourth-order valence-corrected chi connectivity index (χ4v) is 2.47.